The van der Waals surface area contributed by atoms with Crippen molar-refractivity contribution in [2.75, 3.05) is 85.7 Å². The van der Waals surface area contributed by atoms with Crippen molar-refractivity contribution in [1.29, 1.82) is 0 Å². The van der Waals surface area contributed by atoms with Gasteiger partial charge in [-0.1, -0.05) is 19.9 Å². The highest BCUT2D eigenvalue weighted by atomic mass is 16.6. The molecule has 3 aromatic rings. The van der Waals surface area contributed by atoms with Gasteiger partial charge in [0.25, 0.3) is 5.91 Å². The Morgan fingerprint density at radius 3 is 2.14 bits per heavy atom. The maximum Gasteiger partial charge on any atom is 0.332 e. The number of benzene rings is 2. The molecule has 0 aliphatic heterocycles. The van der Waals surface area contributed by atoms with Gasteiger partial charge in [0.15, 0.2) is 5.69 Å². The van der Waals surface area contributed by atoms with Crippen molar-refractivity contribution < 1.29 is 38.1 Å². The molecule has 2 aromatic carbocycles. The van der Waals surface area contributed by atoms with Crippen molar-refractivity contribution in [3.63, 3.8) is 0 Å². The Morgan fingerprint density at radius 2 is 1.53 bits per heavy atom. The molecule has 0 spiro atoms. The Bertz CT molecular complexity index is 1990. The van der Waals surface area contributed by atoms with E-state index in [4.69, 9.17) is 34.5 Å². The molecule has 5 N–H and O–H groups in total. The van der Waals surface area contributed by atoms with Crippen LogP contribution >= 0.6 is 0 Å². The number of amides is 2. The average Bonchev–Trinajstić information content (AvgIpc) is 3.70. The highest BCUT2D eigenvalue weighted by molar-refractivity contribution is 5.98. The van der Waals surface area contributed by atoms with Crippen LogP contribution in [0.5, 0.6) is 11.5 Å². The Hall–Kier alpha value is -4.70. The number of nitrogens with zero attached hydrogens (tertiary/aromatic N) is 3. The van der Waals surface area contributed by atoms with Crippen molar-refractivity contribution in [2.24, 2.45) is 29.4 Å². The molecule has 4 saturated carbocycles. The molecule has 1 aromatic heterocycles. The lowest BCUT2D eigenvalue weighted by Gasteiger charge is -2.59. The molecule has 15 nitrogen and oxygen atoms in total. The zero-order valence-corrected chi connectivity index (χ0v) is 39.4. The SMILES string of the molecule is COc1cccc(OC)c1-c1cc(C(=O)NC2(C(=O)OC(C)(C)C)C3CC4CC(C3)CC2C4)nn1-c1ccc(NCCCN(C)CCCNC(=O)COCCOCCN)cc1C(C)C. The number of hydrogen-bond donors (Lipinski definition) is 4. The van der Waals surface area contributed by atoms with Crippen molar-refractivity contribution in [1.82, 2.24) is 25.3 Å². The first-order valence-electron chi connectivity index (χ1n) is 23.2. The van der Waals surface area contributed by atoms with Crippen molar-refractivity contribution in [2.45, 2.75) is 96.6 Å². The van der Waals surface area contributed by atoms with E-state index in [0.717, 1.165) is 75.1 Å². The smallest absolute Gasteiger partial charge is 0.332 e. The second-order valence-electron chi connectivity index (χ2n) is 19.2. The van der Waals surface area contributed by atoms with Crippen LogP contribution in [-0.4, -0.2) is 124 Å². The van der Waals surface area contributed by atoms with Crippen LogP contribution in [0.25, 0.3) is 16.9 Å². The van der Waals surface area contributed by atoms with Gasteiger partial charge in [0.1, 0.15) is 29.2 Å². The van der Waals surface area contributed by atoms with Crippen LogP contribution < -0.4 is 31.2 Å². The minimum absolute atomic E-state index is 0.00942. The number of rotatable bonds is 24. The minimum atomic E-state index is -1.12. The first-order valence-corrected chi connectivity index (χ1v) is 23.2. The first-order chi connectivity index (χ1) is 30.7. The summed E-state index contributed by atoms with van der Waals surface area (Å²) in [5, 5.41) is 14.9. The monoisotopic (exact) mass is 888 g/mol. The number of esters is 1. The van der Waals surface area contributed by atoms with Gasteiger partial charge in [0.05, 0.1) is 51.0 Å². The fourth-order valence-electron chi connectivity index (χ4n) is 10.2. The van der Waals surface area contributed by atoms with Crippen LogP contribution in [0, 0.1) is 23.7 Å². The third kappa shape index (κ3) is 11.8. The average molecular weight is 888 g/mol. The minimum Gasteiger partial charge on any atom is -0.496 e. The standard InChI is InChI=1S/C49H73N7O8/c1-32(2)38-29-37(51-17-10-19-55(6)20-11-18-52-44(57)31-63-23-22-62-21-16-50)14-15-40(38)56-41(45-42(60-7)12-9-13-43(45)61-8)30-39(54-56)46(58)53-49(47(59)64-48(3,4)5)35-25-33-24-34(27-35)28-36(49)26-33/h9,12-15,29-30,32-36,51H,10-11,16-28,31,50H2,1-8H3,(H,52,57)(H,53,58). The lowest BCUT2D eigenvalue weighted by molar-refractivity contribution is -0.180. The summed E-state index contributed by atoms with van der Waals surface area (Å²) in [6.07, 6.45) is 6.59. The summed E-state index contributed by atoms with van der Waals surface area (Å²) in [6, 6.07) is 13.6. The Kier molecular flexibility index (Phi) is 16.7. The molecular weight excluding hydrogens is 815 g/mol. The van der Waals surface area contributed by atoms with Gasteiger partial charge in [-0.15, -0.1) is 0 Å². The number of hydrogen-bond acceptors (Lipinski definition) is 12. The fourth-order valence-corrected chi connectivity index (χ4v) is 10.2. The van der Waals surface area contributed by atoms with E-state index in [0.29, 0.717) is 67.5 Å². The van der Waals surface area contributed by atoms with Crippen LogP contribution in [0.4, 0.5) is 5.69 Å². The number of ether oxygens (including phenoxy) is 5. The molecule has 0 atom stereocenters. The zero-order valence-electron chi connectivity index (χ0n) is 39.4. The molecule has 352 valence electrons. The van der Waals surface area contributed by atoms with Gasteiger partial charge >= 0.3 is 5.97 Å². The quantitative estimate of drug-likeness (QED) is 0.0594. The number of aromatic nitrogens is 2. The molecule has 4 aliphatic rings. The lowest BCUT2D eigenvalue weighted by Crippen LogP contribution is -2.71. The van der Waals surface area contributed by atoms with Crippen molar-refractivity contribution in [3.05, 3.63) is 53.7 Å². The van der Waals surface area contributed by atoms with E-state index in [9.17, 15) is 14.4 Å². The summed E-state index contributed by atoms with van der Waals surface area (Å²) in [5.41, 5.74) is 7.87. The number of carbonyl (C=O) groups excluding carboxylic acids is 3. The van der Waals surface area contributed by atoms with E-state index < -0.39 is 17.0 Å². The van der Waals surface area contributed by atoms with Gasteiger partial charge in [0.2, 0.25) is 5.91 Å². The molecule has 0 unspecified atom stereocenters. The number of carbonyl (C=O) groups is 3. The molecule has 15 heteroatoms. The number of nitrogens with two attached hydrogens (primary N) is 1. The molecule has 4 aliphatic carbocycles. The molecule has 1 heterocycles. The van der Waals surface area contributed by atoms with Gasteiger partial charge in [-0.25, -0.2) is 9.48 Å². The summed E-state index contributed by atoms with van der Waals surface area (Å²) in [6.45, 7) is 14.8. The van der Waals surface area contributed by atoms with Crippen molar-refractivity contribution >= 4 is 23.5 Å². The Morgan fingerprint density at radius 1 is 0.891 bits per heavy atom. The Labute approximate surface area is 379 Å². The van der Waals surface area contributed by atoms with Crippen LogP contribution in [0.15, 0.2) is 42.5 Å². The molecule has 0 saturated heterocycles. The molecule has 4 fully saturated rings. The van der Waals surface area contributed by atoms with E-state index in [1.165, 1.54) is 6.42 Å². The van der Waals surface area contributed by atoms with Gasteiger partial charge in [0, 0.05) is 25.3 Å². The molecule has 7 rings (SSSR count). The molecule has 4 bridgehead atoms. The highest BCUT2D eigenvalue weighted by Crippen LogP contribution is 2.59. The van der Waals surface area contributed by atoms with Crippen LogP contribution in [0.2, 0.25) is 0 Å². The third-order valence-electron chi connectivity index (χ3n) is 12.9. The van der Waals surface area contributed by atoms with E-state index in [1.807, 2.05) is 55.8 Å². The van der Waals surface area contributed by atoms with E-state index in [-0.39, 0.29) is 41.9 Å². The largest absolute Gasteiger partial charge is 0.496 e. The lowest BCUT2D eigenvalue weighted by atomic mass is 9.48. The summed E-state index contributed by atoms with van der Waals surface area (Å²) >= 11 is 0. The van der Waals surface area contributed by atoms with Gasteiger partial charge in [-0.05, 0) is 157 Å². The Balaban J connectivity index is 1.17. The molecule has 2 amide bonds. The topological polar surface area (TPSA) is 181 Å². The van der Waals surface area contributed by atoms with Gasteiger partial charge < -0.3 is 50.3 Å². The summed E-state index contributed by atoms with van der Waals surface area (Å²) in [5.74, 6) is 1.54. The predicted molar refractivity (Wildman–Crippen MR) is 248 cm³/mol. The van der Waals surface area contributed by atoms with E-state index in [1.54, 1.807) is 20.3 Å². The third-order valence-corrected chi connectivity index (χ3v) is 12.9. The zero-order chi connectivity index (χ0) is 46.0. The van der Waals surface area contributed by atoms with E-state index >= 15 is 0 Å². The predicted octanol–water partition coefficient (Wildman–Crippen LogP) is 6.18. The second kappa shape index (κ2) is 22.0. The van der Waals surface area contributed by atoms with Crippen LogP contribution in [-0.2, 0) is 23.8 Å². The molecule has 64 heavy (non-hydrogen) atoms. The van der Waals surface area contributed by atoms with Crippen molar-refractivity contribution in [3.8, 4) is 28.4 Å². The highest BCUT2D eigenvalue weighted by Gasteiger charge is 2.63. The maximum absolute atomic E-state index is 14.8. The van der Waals surface area contributed by atoms with Crippen LogP contribution in [0.3, 0.4) is 0 Å². The number of nitrogens with one attached hydrogen (secondary N) is 3. The van der Waals surface area contributed by atoms with E-state index in [2.05, 4.69) is 47.8 Å². The van der Waals surface area contributed by atoms with Gasteiger partial charge in [-0.2, -0.15) is 5.10 Å². The van der Waals surface area contributed by atoms with Crippen LogP contribution in [0.1, 0.15) is 102 Å². The first kappa shape index (κ1) is 48.7. The maximum atomic E-state index is 14.8. The summed E-state index contributed by atoms with van der Waals surface area (Å²) < 4.78 is 30.3. The molecular formula is C49H73N7O8. The fraction of sp³-hybridized carbons (Fsp3) is 0.633. The number of methoxy groups -OCH3 is 2. The normalized spacial score (nSPS) is 21.3. The second-order valence-corrected chi connectivity index (χ2v) is 19.2. The number of anilines is 1. The molecule has 0 radical (unpaired) electrons. The summed E-state index contributed by atoms with van der Waals surface area (Å²) in [4.78, 5) is 43.5. The van der Waals surface area contributed by atoms with Gasteiger partial charge in [-0.3, -0.25) is 9.59 Å². The summed E-state index contributed by atoms with van der Waals surface area (Å²) in [7, 11) is 5.32.